The molecule has 0 aliphatic carbocycles. The molecule has 12 aromatic rings. The molecule has 0 amide bonds. The molecule has 0 unspecified atom stereocenters. The first kappa shape index (κ1) is 36.8. The van der Waals surface area contributed by atoms with Gasteiger partial charge in [-0.05, 0) is 99.6 Å². The molecule has 0 spiro atoms. The fraction of sp³-hybridized carbons (Fsp3) is 0. The van der Waals surface area contributed by atoms with Crippen molar-refractivity contribution in [2.75, 3.05) is 4.90 Å². The molecule has 63 heavy (non-hydrogen) atoms. The Morgan fingerprint density at radius 3 is 1.54 bits per heavy atom. The summed E-state index contributed by atoms with van der Waals surface area (Å²) in [5.74, 6) is 0. The molecule has 2 nitrogen and oxygen atoms in total. The Hall–Kier alpha value is -7.98. The first-order valence-electron chi connectivity index (χ1n) is 21.5. The van der Waals surface area contributed by atoms with Crippen molar-refractivity contribution in [3.05, 3.63) is 243 Å². The first-order chi connectivity index (χ1) is 31.3. The highest BCUT2D eigenvalue weighted by molar-refractivity contribution is 7.26. The zero-order valence-corrected chi connectivity index (χ0v) is 35.2. The number of benzene rings is 10. The van der Waals surface area contributed by atoms with E-state index in [1.807, 2.05) is 11.3 Å². The fourth-order valence-corrected chi connectivity index (χ4v) is 10.7. The number of anilines is 3. The van der Waals surface area contributed by atoms with E-state index in [2.05, 4.69) is 252 Å². The molecule has 2 aromatic heterocycles. The minimum Gasteiger partial charge on any atom is -0.310 e. The van der Waals surface area contributed by atoms with E-state index in [1.54, 1.807) is 0 Å². The lowest BCUT2D eigenvalue weighted by Crippen LogP contribution is -2.11. The van der Waals surface area contributed by atoms with E-state index < -0.39 is 0 Å². The Kier molecular flexibility index (Phi) is 9.06. The van der Waals surface area contributed by atoms with Crippen molar-refractivity contribution in [2.45, 2.75) is 0 Å². The summed E-state index contributed by atoms with van der Waals surface area (Å²) in [5.41, 5.74) is 16.4. The first-order valence-corrected chi connectivity index (χ1v) is 22.3. The molecule has 0 bridgehead atoms. The van der Waals surface area contributed by atoms with Crippen LogP contribution in [0.2, 0.25) is 0 Å². The van der Waals surface area contributed by atoms with Gasteiger partial charge >= 0.3 is 0 Å². The van der Waals surface area contributed by atoms with Gasteiger partial charge in [0, 0.05) is 43.2 Å². The van der Waals surface area contributed by atoms with Gasteiger partial charge in [-0.25, -0.2) is 0 Å². The van der Waals surface area contributed by atoms with Crippen molar-refractivity contribution in [1.29, 1.82) is 0 Å². The second-order valence-corrected chi connectivity index (χ2v) is 17.1. The Bertz CT molecular complexity index is 3520. The summed E-state index contributed by atoms with van der Waals surface area (Å²) in [4.78, 5) is 2.40. The molecule has 0 fully saturated rings. The molecule has 12 rings (SSSR count). The lowest BCUT2D eigenvalue weighted by molar-refractivity contribution is 1.20. The number of hydrogen-bond donors (Lipinski definition) is 0. The molecule has 296 valence electrons. The lowest BCUT2D eigenvalue weighted by Gasteiger charge is -2.28. The largest absolute Gasteiger partial charge is 0.310 e. The Balaban J connectivity index is 1.00. The summed E-state index contributed by atoms with van der Waals surface area (Å²) in [7, 11) is 0. The lowest BCUT2D eigenvalue weighted by atomic mass is 9.94. The third kappa shape index (κ3) is 6.41. The van der Waals surface area contributed by atoms with Crippen molar-refractivity contribution in [2.24, 2.45) is 0 Å². The molecule has 0 N–H and O–H groups in total. The molecule has 10 aromatic carbocycles. The number of thiophene rings is 1. The molecule has 0 saturated carbocycles. The molecule has 0 aliphatic rings. The van der Waals surface area contributed by atoms with Crippen LogP contribution in [0.25, 0.3) is 92.2 Å². The average molecular weight is 821 g/mol. The molecule has 0 atom stereocenters. The Morgan fingerprint density at radius 2 is 0.825 bits per heavy atom. The van der Waals surface area contributed by atoms with Crippen molar-refractivity contribution in [1.82, 2.24) is 4.57 Å². The quantitative estimate of drug-likeness (QED) is 0.148. The van der Waals surface area contributed by atoms with E-state index in [4.69, 9.17) is 0 Å². The van der Waals surface area contributed by atoms with Crippen molar-refractivity contribution in [3.8, 4) is 50.2 Å². The smallest absolute Gasteiger partial charge is 0.0640 e. The molecule has 0 saturated heterocycles. The summed E-state index contributed by atoms with van der Waals surface area (Å²) in [6.07, 6.45) is 0. The molecule has 3 heteroatoms. The fourth-order valence-electron chi connectivity index (χ4n) is 9.49. The maximum Gasteiger partial charge on any atom is 0.0640 e. The number of hydrogen-bond acceptors (Lipinski definition) is 2. The van der Waals surface area contributed by atoms with Gasteiger partial charge in [0.2, 0.25) is 0 Å². The maximum absolute atomic E-state index is 2.48. The Morgan fingerprint density at radius 1 is 0.333 bits per heavy atom. The highest BCUT2D eigenvalue weighted by atomic mass is 32.1. The van der Waals surface area contributed by atoms with Crippen LogP contribution < -0.4 is 4.90 Å². The van der Waals surface area contributed by atoms with E-state index in [1.165, 1.54) is 81.0 Å². The number of rotatable bonds is 8. The third-order valence-corrected chi connectivity index (χ3v) is 13.6. The van der Waals surface area contributed by atoms with Crippen molar-refractivity contribution < 1.29 is 0 Å². The highest BCUT2D eigenvalue weighted by Crippen LogP contribution is 2.45. The topological polar surface area (TPSA) is 8.17 Å². The van der Waals surface area contributed by atoms with Crippen LogP contribution in [-0.4, -0.2) is 4.57 Å². The van der Waals surface area contributed by atoms with E-state index in [0.717, 1.165) is 28.2 Å². The summed E-state index contributed by atoms with van der Waals surface area (Å²) in [6, 6.07) is 88.2. The van der Waals surface area contributed by atoms with E-state index >= 15 is 0 Å². The molecule has 2 heterocycles. The number of para-hydroxylation sites is 2. The molecule has 0 aliphatic heterocycles. The minimum absolute atomic E-state index is 1.09. The molecule has 0 radical (unpaired) electrons. The third-order valence-electron chi connectivity index (χ3n) is 12.4. The van der Waals surface area contributed by atoms with E-state index in [9.17, 15) is 0 Å². The van der Waals surface area contributed by atoms with Crippen LogP contribution in [0.5, 0.6) is 0 Å². The van der Waals surface area contributed by atoms with Crippen molar-refractivity contribution in [3.63, 3.8) is 0 Å². The number of nitrogens with zero attached hydrogens (tertiary/aromatic N) is 2. The highest BCUT2D eigenvalue weighted by Gasteiger charge is 2.21. The second kappa shape index (κ2) is 15.5. The monoisotopic (exact) mass is 820 g/mol. The normalized spacial score (nSPS) is 11.5. The molecular weight excluding hydrogens is 781 g/mol. The summed E-state index contributed by atoms with van der Waals surface area (Å²) < 4.78 is 5.10. The van der Waals surface area contributed by atoms with E-state index in [-0.39, 0.29) is 0 Å². The van der Waals surface area contributed by atoms with Crippen LogP contribution in [0.1, 0.15) is 0 Å². The zero-order valence-electron chi connectivity index (χ0n) is 34.4. The van der Waals surface area contributed by atoms with Crippen molar-refractivity contribution >= 4 is 70.4 Å². The Labute approximate surface area is 370 Å². The van der Waals surface area contributed by atoms with Gasteiger partial charge < -0.3 is 9.47 Å². The minimum atomic E-state index is 1.09. The maximum atomic E-state index is 2.48. The van der Waals surface area contributed by atoms with Crippen LogP contribution in [0.3, 0.4) is 0 Å². The summed E-state index contributed by atoms with van der Waals surface area (Å²) in [5, 5.41) is 5.12. The number of fused-ring (bicyclic) bond motifs is 6. The van der Waals surface area contributed by atoms with Gasteiger partial charge in [0.25, 0.3) is 0 Å². The van der Waals surface area contributed by atoms with Gasteiger partial charge in [-0.15, -0.1) is 11.3 Å². The SMILES string of the molecule is c1ccc(-c2ccc(N(c3ccc(-c4ccccc4)cc3)c3ccccc3-c3cccc(-c4cccc5c4c4ccccc4n5-c4cccc5c4sc4ccccc45)c3)cc2)cc1. The van der Waals surface area contributed by atoms with Crippen LogP contribution in [0.15, 0.2) is 243 Å². The van der Waals surface area contributed by atoms with Gasteiger partial charge in [-0.1, -0.05) is 182 Å². The van der Waals surface area contributed by atoms with Gasteiger partial charge in [0.1, 0.15) is 0 Å². The van der Waals surface area contributed by atoms with Crippen LogP contribution in [0, 0.1) is 0 Å². The predicted molar refractivity (Wildman–Crippen MR) is 270 cm³/mol. The predicted octanol–water partition coefficient (Wildman–Crippen LogP) is 17.3. The second-order valence-electron chi connectivity index (χ2n) is 16.1. The van der Waals surface area contributed by atoms with Crippen LogP contribution >= 0.6 is 11.3 Å². The summed E-state index contributed by atoms with van der Waals surface area (Å²) in [6.45, 7) is 0. The van der Waals surface area contributed by atoms with Gasteiger partial charge in [-0.2, -0.15) is 0 Å². The van der Waals surface area contributed by atoms with Gasteiger partial charge in [-0.3, -0.25) is 0 Å². The van der Waals surface area contributed by atoms with Gasteiger partial charge in [0.15, 0.2) is 0 Å². The van der Waals surface area contributed by atoms with Crippen LogP contribution in [-0.2, 0) is 0 Å². The summed E-state index contributed by atoms with van der Waals surface area (Å²) >= 11 is 1.88. The molecular formula is C60H40N2S. The standard InChI is InChI=1S/C60H40N2S/c1-3-16-41(17-4-1)43-32-36-47(37-33-43)61(48-38-34-44(35-39-48)42-18-5-2-6-19-42)54-27-10-7-22-49(54)45-20-13-21-46(40-45)50-25-14-29-56-59(50)53-24-8-11-28-55(53)62(56)57-30-15-26-52-51-23-9-12-31-58(51)63-60(52)57/h1-40H. The van der Waals surface area contributed by atoms with E-state index in [0.29, 0.717) is 0 Å². The van der Waals surface area contributed by atoms with Gasteiger partial charge in [0.05, 0.1) is 27.1 Å². The van der Waals surface area contributed by atoms with Crippen LogP contribution in [0.4, 0.5) is 17.1 Å². The average Bonchev–Trinajstić information content (AvgIpc) is 3.92. The zero-order chi connectivity index (χ0) is 41.7. The number of aromatic nitrogens is 1.